The van der Waals surface area contributed by atoms with Crippen molar-refractivity contribution < 1.29 is 4.74 Å². The number of allylic oxidation sites excluding steroid dienone is 2. The molecule has 2 unspecified atom stereocenters. The van der Waals surface area contributed by atoms with Crippen LogP contribution in [0, 0.1) is 11.8 Å². The molecule has 158 valence electrons. The highest BCUT2D eigenvalue weighted by Crippen LogP contribution is 2.39. The summed E-state index contributed by atoms with van der Waals surface area (Å²) >= 11 is 2.63. The number of nitrogens with one attached hydrogen (secondary N) is 1. The fourth-order valence-corrected chi connectivity index (χ4v) is 6.49. The Hall–Kier alpha value is -0.0300. The Labute approximate surface area is 186 Å². The first-order valence-electron chi connectivity index (χ1n) is 12.3. The summed E-state index contributed by atoms with van der Waals surface area (Å²) in [4.78, 5) is 0. The number of hydrogen-bond donors (Lipinski definition) is 1. The van der Waals surface area contributed by atoms with Gasteiger partial charge in [0.05, 0.1) is 6.10 Å². The first kappa shape index (κ1) is 21.2. The van der Waals surface area contributed by atoms with Gasteiger partial charge in [-0.15, -0.1) is 0 Å². The van der Waals surface area contributed by atoms with Crippen LogP contribution in [0.2, 0.25) is 0 Å². The average Bonchev–Trinajstić information content (AvgIpc) is 2.64. The number of ether oxygens (including phenoxy) is 1. The third kappa shape index (κ3) is 5.77. The molecule has 1 N–H and O–H groups in total. The number of alkyl halides is 1. The molecule has 3 heteroatoms. The van der Waals surface area contributed by atoms with E-state index in [9.17, 15) is 0 Å². The zero-order valence-electron chi connectivity index (χ0n) is 17.6. The molecule has 0 bridgehead atoms. The molecule has 1 aliphatic heterocycles. The second-order valence-electron chi connectivity index (χ2n) is 9.68. The summed E-state index contributed by atoms with van der Waals surface area (Å²) in [5.41, 5.74) is 1.61. The summed E-state index contributed by atoms with van der Waals surface area (Å²) in [5, 5.41) is 3.90. The maximum Gasteiger partial charge on any atom is 0.102 e. The van der Waals surface area contributed by atoms with Crippen LogP contribution in [-0.4, -0.2) is 22.6 Å². The number of fused-ring (bicyclic) bond motifs is 1. The van der Waals surface area contributed by atoms with Crippen molar-refractivity contribution in [2.75, 3.05) is 6.54 Å². The highest BCUT2D eigenvalue weighted by Gasteiger charge is 2.33. The molecule has 2 atom stereocenters. The summed E-state index contributed by atoms with van der Waals surface area (Å²) < 4.78 is 7.66. The number of halogens is 1. The van der Waals surface area contributed by atoms with Crippen LogP contribution in [0.15, 0.2) is 23.5 Å². The minimum Gasteiger partial charge on any atom is -0.494 e. The summed E-state index contributed by atoms with van der Waals surface area (Å²) in [7, 11) is 0. The van der Waals surface area contributed by atoms with Crippen LogP contribution in [0.25, 0.3) is 0 Å². The highest BCUT2D eigenvalue weighted by molar-refractivity contribution is 14.1. The van der Waals surface area contributed by atoms with Crippen molar-refractivity contribution in [3.8, 4) is 0 Å². The quantitative estimate of drug-likeness (QED) is 0.332. The lowest BCUT2D eigenvalue weighted by atomic mass is 9.78. The molecule has 3 fully saturated rings. The van der Waals surface area contributed by atoms with E-state index in [-0.39, 0.29) is 0 Å². The summed E-state index contributed by atoms with van der Waals surface area (Å²) in [5.74, 6) is 2.67. The minimum atomic E-state index is 0.458. The van der Waals surface area contributed by atoms with Crippen molar-refractivity contribution in [3.63, 3.8) is 0 Å². The molecule has 1 saturated heterocycles. The molecule has 0 spiro atoms. The Morgan fingerprint density at radius 2 is 1.46 bits per heavy atom. The van der Waals surface area contributed by atoms with Gasteiger partial charge in [-0.25, -0.2) is 0 Å². The van der Waals surface area contributed by atoms with E-state index in [1.165, 1.54) is 109 Å². The van der Waals surface area contributed by atoms with Gasteiger partial charge in [0.25, 0.3) is 0 Å². The number of rotatable bonds is 3. The smallest absolute Gasteiger partial charge is 0.102 e. The van der Waals surface area contributed by atoms with Gasteiger partial charge in [0.15, 0.2) is 0 Å². The minimum absolute atomic E-state index is 0.458. The molecule has 4 rings (SSSR count). The fourth-order valence-electron chi connectivity index (χ4n) is 5.77. The van der Waals surface area contributed by atoms with Crippen molar-refractivity contribution in [2.45, 2.75) is 112 Å². The molecular weight excluding hydrogens is 457 g/mol. The summed E-state index contributed by atoms with van der Waals surface area (Å²) in [6, 6.07) is 0.502. The van der Waals surface area contributed by atoms with E-state index in [0.29, 0.717) is 18.1 Å². The van der Waals surface area contributed by atoms with E-state index in [2.05, 4.69) is 40.1 Å². The van der Waals surface area contributed by atoms with Crippen LogP contribution in [0.1, 0.15) is 96.3 Å². The van der Waals surface area contributed by atoms with Crippen LogP contribution in [-0.2, 0) is 4.74 Å². The zero-order chi connectivity index (χ0) is 19.2. The van der Waals surface area contributed by atoms with E-state index >= 15 is 0 Å². The fraction of sp³-hybridized carbons (Fsp3) is 0.840. The van der Waals surface area contributed by atoms with Crippen LogP contribution in [0.4, 0.5) is 0 Å². The van der Waals surface area contributed by atoms with Crippen LogP contribution in [0.5, 0.6) is 0 Å². The van der Waals surface area contributed by atoms with Crippen molar-refractivity contribution in [3.05, 3.63) is 23.5 Å². The lowest BCUT2D eigenvalue weighted by molar-refractivity contribution is 0.0575. The van der Waals surface area contributed by atoms with Crippen LogP contribution >= 0.6 is 22.6 Å². The van der Waals surface area contributed by atoms with Gasteiger partial charge < -0.3 is 10.1 Å². The Balaban J connectivity index is 1.52. The lowest BCUT2D eigenvalue weighted by Crippen LogP contribution is -2.41. The Morgan fingerprint density at radius 3 is 2.25 bits per heavy atom. The molecule has 1 heterocycles. The molecule has 0 aromatic heterocycles. The molecule has 2 nitrogen and oxygen atoms in total. The van der Waals surface area contributed by atoms with E-state index in [4.69, 9.17) is 4.74 Å². The molecule has 2 saturated carbocycles. The van der Waals surface area contributed by atoms with Crippen molar-refractivity contribution in [1.82, 2.24) is 5.32 Å². The predicted molar refractivity (Wildman–Crippen MR) is 127 cm³/mol. The Bertz CT molecular complexity index is 541. The molecular formula is C25H40INO. The Kier molecular flexibility index (Phi) is 8.21. The SMILES string of the molecule is IC1CCC(OC2=CC(C3CCCCCCC3)=CC3NCCCCCC23)CC1. The molecule has 4 aliphatic rings. The van der Waals surface area contributed by atoms with Gasteiger partial charge in [0.1, 0.15) is 5.76 Å². The van der Waals surface area contributed by atoms with Gasteiger partial charge in [-0.1, -0.05) is 73.6 Å². The largest absolute Gasteiger partial charge is 0.494 e. The molecule has 0 radical (unpaired) electrons. The molecule has 0 aromatic carbocycles. The average molecular weight is 498 g/mol. The zero-order valence-corrected chi connectivity index (χ0v) is 19.8. The van der Waals surface area contributed by atoms with Crippen molar-refractivity contribution >= 4 is 22.6 Å². The first-order valence-corrected chi connectivity index (χ1v) is 13.5. The van der Waals surface area contributed by atoms with Gasteiger partial charge in [-0.3, -0.25) is 0 Å². The maximum atomic E-state index is 6.80. The van der Waals surface area contributed by atoms with Crippen molar-refractivity contribution in [2.24, 2.45) is 11.8 Å². The van der Waals surface area contributed by atoms with E-state index in [1.54, 1.807) is 5.57 Å². The normalized spacial score (nSPS) is 36.0. The van der Waals surface area contributed by atoms with Gasteiger partial charge in [0.2, 0.25) is 0 Å². The van der Waals surface area contributed by atoms with Crippen molar-refractivity contribution in [1.29, 1.82) is 0 Å². The van der Waals surface area contributed by atoms with Gasteiger partial charge >= 0.3 is 0 Å². The molecule has 3 aliphatic carbocycles. The maximum absolute atomic E-state index is 6.80. The Morgan fingerprint density at radius 1 is 0.786 bits per heavy atom. The number of hydrogen-bond acceptors (Lipinski definition) is 2. The van der Waals surface area contributed by atoms with E-state index < -0.39 is 0 Å². The molecule has 0 aromatic rings. The predicted octanol–water partition coefficient (Wildman–Crippen LogP) is 7.08. The first-order chi connectivity index (χ1) is 13.8. The topological polar surface area (TPSA) is 21.3 Å². The third-order valence-electron chi connectivity index (χ3n) is 7.53. The monoisotopic (exact) mass is 497 g/mol. The second-order valence-corrected chi connectivity index (χ2v) is 11.4. The highest BCUT2D eigenvalue weighted by atomic mass is 127. The molecule has 28 heavy (non-hydrogen) atoms. The lowest BCUT2D eigenvalue weighted by Gasteiger charge is -2.38. The molecule has 0 amide bonds. The van der Waals surface area contributed by atoms with Gasteiger partial charge in [-0.05, 0) is 75.5 Å². The van der Waals surface area contributed by atoms with Crippen LogP contribution in [0.3, 0.4) is 0 Å². The summed E-state index contributed by atoms with van der Waals surface area (Å²) in [6.07, 6.45) is 26.0. The van der Waals surface area contributed by atoms with E-state index in [1.807, 2.05) is 0 Å². The summed E-state index contributed by atoms with van der Waals surface area (Å²) in [6.45, 7) is 1.17. The standard InChI is InChI=1S/C25H40INO/c26-21-12-14-22(15-13-21)28-25-18-20(19-9-5-2-1-3-6-10-19)17-24-23(25)11-7-4-8-16-27-24/h17-19,21-24,27H,1-16H2. The second kappa shape index (κ2) is 10.8. The van der Waals surface area contributed by atoms with Gasteiger partial charge in [0, 0.05) is 15.9 Å². The van der Waals surface area contributed by atoms with Gasteiger partial charge in [-0.2, -0.15) is 0 Å². The van der Waals surface area contributed by atoms with E-state index in [0.717, 1.165) is 9.84 Å². The third-order valence-corrected chi connectivity index (χ3v) is 8.78. The van der Waals surface area contributed by atoms with Crippen LogP contribution < -0.4 is 5.32 Å².